The summed E-state index contributed by atoms with van der Waals surface area (Å²) in [6.45, 7) is 2.31. The lowest BCUT2D eigenvalue weighted by Gasteiger charge is -2.02. The summed E-state index contributed by atoms with van der Waals surface area (Å²) in [6, 6.07) is 12.3. The lowest BCUT2D eigenvalue weighted by molar-refractivity contribution is 0.0994. The molecule has 1 N–H and O–H groups in total. The fraction of sp³-hybridized carbons (Fsp3) is 0.105. The topological polar surface area (TPSA) is 77.1 Å². The number of carbonyl (C=O) groups is 1. The lowest BCUT2D eigenvalue weighted by atomic mass is 10.4. The Morgan fingerprint density at radius 1 is 1.22 bits per heavy atom. The van der Waals surface area contributed by atoms with Gasteiger partial charge in [-0.25, -0.2) is 4.98 Å². The third-order valence-electron chi connectivity index (χ3n) is 3.83. The zero-order valence-corrected chi connectivity index (χ0v) is 16.0. The lowest BCUT2D eigenvalue weighted by Crippen LogP contribution is -2.18. The van der Waals surface area contributed by atoms with Crippen LogP contribution in [0.3, 0.4) is 0 Å². The Kier molecular flexibility index (Phi) is 4.74. The molecule has 0 bridgehead atoms. The van der Waals surface area contributed by atoms with Crippen LogP contribution in [0.25, 0.3) is 10.6 Å². The smallest absolute Gasteiger partial charge is 0.293 e. The van der Waals surface area contributed by atoms with Crippen molar-refractivity contribution >= 4 is 33.7 Å². The maximum absolute atomic E-state index is 12.4. The van der Waals surface area contributed by atoms with Crippen LogP contribution in [-0.4, -0.2) is 15.5 Å². The van der Waals surface area contributed by atoms with E-state index in [0.29, 0.717) is 10.9 Å². The van der Waals surface area contributed by atoms with E-state index in [1.165, 1.54) is 26.8 Å². The molecule has 4 aromatic heterocycles. The average Bonchev–Trinajstić information content (AvgIpc) is 3.38. The minimum Gasteiger partial charge on any atom is -0.454 e. The van der Waals surface area contributed by atoms with Crippen molar-refractivity contribution in [2.45, 2.75) is 13.5 Å². The predicted octanol–water partition coefficient (Wildman–Crippen LogP) is 4.24. The van der Waals surface area contributed by atoms with Crippen LogP contribution >= 0.6 is 22.7 Å². The highest BCUT2D eigenvalue weighted by atomic mass is 32.1. The molecule has 0 aliphatic carbocycles. The maximum atomic E-state index is 12.4. The summed E-state index contributed by atoms with van der Waals surface area (Å²) in [4.78, 5) is 30.9. The summed E-state index contributed by atoms with van der Waals surface area (Å²) >= 11 is 3.02. The molecule has 0 saturated heterocycles. The van der Waals surface area contributed by atoms with Gasteiger partial charge in [0.2, 0.25) is 0 Å². The van der Waals surface area contributed by atoms with Crippen LogP contribution in [0.1, 0.15) is 21.2 Å². The Labute approximate surface area is 162 Å². The Balaban J connectivity index is 1.45. The molecule has 0 radical (unpaired) electrons. The molecular weight excluding hydrogens is 382 g/mol. The maximum Gasteiger partial charge on any atom is 0.293 e. The summed E-state index contributed by atoms with van der Waals surface area (Å²) in [5.74, 6) is 0.338. The van der Waals surface area contributed by atoms with Crippen molar-refractivity contribution in [3.63, 3.8) is 0 Å². The van der Waals surface area contributed by atoms with Crippen LogP contribution in [0.5, 0.6) is 0 Å². The Morgan fingerprint density at radius 3 is 2.89 bits per heavy atom. The number of nitrogens with zero attached hydrogens (tertiary/aromatic N) is 2. The predicted molar refractivity (Wildman–Crippen MR) is 107 cm³/mol. The normalized spacial score (nSPS) is 10.9. The first-order chi connectivity index (χ1) is 13.1. The standard InChI is InChI=1S/C19H15N3O3S2/c1-12-5-8-16(27-12)14-11-26-19(20-14)21-18(24)15-7-6-13(25-15)10-22-9-3-2-4-17(22)23/h2-9,11H,10H2,1H3,(H,20,21,24). The largest absolute Gasteiger partial charge is 0.454 e. The van der Waals surface area contributed by atoms with E-state index < -0.39 is 0 Å². The van der Waals surface area contributed by atoms with Crippen molar-refractivity contribution < 1.29 is 9.21 Å². The van der Waals surface area contributed by atoms with Gasteiger partial charge in [-0.1, -0.05) is 6.07 Å². The fourth-order valence-electron chi connectivity index (χ4n) is 2.52. The summed E-state index contributed by atoms with van der Waals surface area (Å²) in [5.41, 5.74) is 0.719. The van der Waals surface area contributed by atoms with E-state index in [0.717, 1.165) is 10.6 Å². The van der Waals surface area contributed by atoms with E-state index in [1.54, 1.807) is 41.8 Å². The van der Waals surface area contributed by atoms with Crippen molar-refractivity contribution in [3.05, 3.63) is 80.8 Å². The number of anilines is 1. The summed E-state index contributed by atoms with van der Waals surface area (Å²) < 4.78 is 7.09. The first kappa shape index (κ1) is 17.4. The molecule has 0 aromatic carbocycles. The second kappa shape index (κ2) is 7.34. The Hall–Kier alpha value is -2.97. The highest BCUT2D eigenvalue weighted by Crippen LogP contribution is 2.30. The van der Waals surface area contributed by atoms with E-state index in [-0.39, 0.29) is 23.8 Å². The first-order valence-electron chi connectivity index (χ1n) is 8.16. The van der Waals surface area contributed by atoms with Crippen molar-refractivity contribution in [2.75, 3.05) is 5.32 Å². The van der Waals surface area contributed by atoms with Crippen LogP contribution < -0.4 is 10.9 Å². The number of thiophene rings is 1. The number of hydrogen-bond acceptors (Lipinski definition) is 6. The van der Waals surface area contributed by atoms with E-state index in [1.807, 2.05) is 24.4 Å². The monoisotopic (exact) mass is 397 g/mol. The molecule has 8 heteroatoms. The van der Waals surface area contributed by atoms with Gasteiger partial charge in [0.05, 0.1) is 17.1 Å². The van der Waals surface area contributed by atoms with Crippen molar-refractivity contribution in [1.82, 2.24) is 9.55 Å². The van der Waals surface area contributed by atoms with E-state index >= 15 is 0 Å². The van der Waals surface area contributed by atoms with Crippen LogP contribution in [0.15, 0.2) is 63.3 Å². The van der Waals surface area contributed by atoms with Crippen molar-refractivity contribution in [2.24, 2.45) is 0 Å². The van der Waals surface area contributed by atoms with Crippen LogP contribution in [0.4, 0.5) is 5.13 Å². The van der Waals surface area contributed by atoms with Crippen LogP contribution in [0.2, 0.25) is 0 Å². The first-order valence-corrected chi connectivity index (χ1v) is 9.86. The number of furan rings is 1. The molecule has 0 fully saturated rings. The number of carbonyl (C=O) groups excluding carboxylic acids is 1. The molecule has 1 amide bonds. The number of rotatable bonds is 5. The SMILES string of the molecule is Cc1ccc(-c2csc(NC(=O)c3ccc(Cn4ccccc4=O)o3)n2)s1. The fourth-order valence-corrected chi connectivity index (χ4v) is 4.13. The summed E-state index contributed by atoms with van der Waals surface area (Å²) in [6.07, 6.45) is 1.67. The van der Waals surface area contributed by atoms with Gasteiger partial charge in [0.25, 0.3) is 11.5 Å². The molecule has 4 aromatic rings. The minimum absolute atomic E-state index is 0.126. The van der Waals surface area contributed by atoms with Gasteiger partial charge in [-0.2, -0.15) is 0 Å². The molecule has 0 unspecified atom stereocenters. The van der Waals surface area contributed by atoms with Crippen molar-refractivity contribution in [3.8, 4) is 10.6 Å². The number of amides is 1. The van der Waals surface area contributed by atoms with Crippen LogP contribution in [-0.2, 0) is 6.54 Å². The third kappa shape index (κ3) is 3.91. The molecule has 6 nitrogen and oxygen atoms in total. The highest BCUT2D eigenvalue weighted by molar-refractivity contribution is 7.17. The summed E-state index contributed by atoms with van der Waals surface area (Å²) in [7, 11) is 0. The average molecular weight is 397 g/mol. The second-order valence-electron chi connectivity index (χ2n) is 5.84. The highest BCUT2D eigenvalue weighted by Gasteiger charge is 2.14. The number of pyridine rings is 1. The van der Waals surface area contributed by atoms with Gasteiger partial charge in [0.15, 0.2) is 10.9 Å². The molecule has 0 aliphatic rings. The molecule has 136 valence electrons. The number of nitrogens with one attached hydrogen (secondary N) is 1. The summed E-state index contributed by atoms with van der Waals surface area (Å²) in [5, 5.41) is 5.18. The molecule has 0 aliphatic heterocycles. The Bertz CT molecular complexity index is 1150. The van der Waals surface area contributed by atoms with Gasteiger partial charge in [-0.3, -0.25) is 14.9 Å². The van der Waals surface area contributed by atoms with E-state index in [4.69, 9.17) is 4.42 Å². The number of aryl methyl sites for hydroxylation is 1. The van der Waals surface area contributed by atoms with Gasteiger partial charge < -0.3 is 8.98 Å². The number of hydrogen-bond donors (Lipinski definition) is 1. The molecule has 0 spiro atoms. The number of aromatic nitrogens is 2. The molecule has 27 heavy (non-hydrogen) atoms. The minimum atomic E-state index is -0.370. The zero-order chi connectivity index (χ0) is 18.8. The quantitative estimate of drug-likeness (QED) is 0.547. The number of thiazole rings is 1. The van der Waals surface area contributed by atoms with Gasteiger partial charge in [0.1, 0.15) is 5.76 Å². The molecule has 4 heterocycles. The van der Waals surface area contributed by atoms with Crippen molar-refractivity contribution in [1.29, 1.82) is 0 Å². The van der Waals surface area contributed by atoms with Gasteiger partial charge in [-0.05, 0) is 37.3 Å². The molecule has 0 saturated carbocycles. The molecule has 0 atom stereocenters. The van der Waals surface area contributed by atoms with Gasteiger partial charge in [-0.15, -0.1) is 22.7 Å². The van der Waals surface area contributed by atoms with E-state index in [2.05, 4.69) is 10.3 Å². The van der Waals surface area contributed by atoms with Gasteiger partial charge >= 0.3 is 0 Å². The zero-order valence-electron chi connectivity index (χ0n) is 14.3. The second-order valence-corrected chi connectivity index (χ2v) is 7.98. The Morgan fingerprint density at radius 2 is 2.11 bits per heavy atom. The molecular formula is C19H15N3O3S2. The molecule has 4 rings (SSSR count). The third-order valence-corrected chi connectivity index (χ3v) is 5.61. The van der Waals surface area contributed by atoms with Gasteiger partial charge in [0, 0.05) is 22.5 Å². The van der Waals surface area contributed by atoms with E-state index in [9.17, 15) is 9.59 Å². The van der Waals surface area contributed by atoms with Crippen LogP contribution in [0, 0.1) is 6.92 Å².